The molecule has 0 radical (unpaired) electrons. The molecule has 8 heteroatoms. The highest BCUT2D eigenvalue weighted by molar-refractivity contribution is 6.05. The highest BCUT2D eigenvalue weighted by Gasteiger charge is 2.13. The second kappa shape index (κ2) is 10.9. The molecule has 0 bridgehead atoms. The molecule has 192 valence electrons. The Labute approximate surface area is 225 Å². The highest BCUT2D eigenvalue weighted by Crippen LogP contribution is 2.40. The van der Waals surface area contributed by atoms with Crippen LogP contribution in [0.2, 0.25) is 0 Å². The lowest BCUT2D eigenvalue weighted by molar-refractivity contribution is 0.102. The molecule has 5 rings (SSSR count). The van der Waals surface area contributed by atoms with Crippen molar-refractivity contribution in [3.8, 4) is 11.5 Å². The number of nitrogens with zero attached hydrogens (tertiary/aromatic N) is 4. The Bertz CT molecular complexity index is 1730. The van der Waals surface area contributed by atoms with E-state index in [4.69, 9.17) is 0 Å². The van der Waals surface area contributed by atoms with Crippen LogP contribution < -0.4 is 5.32 Å². The average Bonchev–Trinajstić information content (AvgIpc) is 2.94. The Hall–Kier alpha value is -5.37. The number of hydrogen-bond acceptors (Lipinski definition) is 7. The van der Waals surface area contributed by atoms with Crippen molar-refractivity contribution in [2.75, 3.05) is 5.32 Å². The van der Waals surface area contributed by atoms with Crippen molar-refractivity contribution >= 4 is 45.1 Å². The number of azo groups is 2. The van der Waals surface area contributed by atoms with Crippen molar-refractivity contribution in [1.29, 1.82) is 0 Å². The first-order valence-electron chi connectivity index (χ1n) is 12.2. The summed E-state index contributed by atoms with van der Waals surface area (Å²) < 4.78 is 0. The van der Waals surface area contributed by atoms with E-state index in [9.17, 15) is 15.0 Å². The van der Waals surface area contributed by atoms with E-state index in [-0.39, 0.29) is 28.8 Å². The maximum absolute atomic E-state index is 12.5. The van der Waals surface area contributed by atoms with E-state index < -0.39 is 0 Å². The zero-order valence-corrected chi connectivity index (χ0v) is 21.3. The molecule has 8 nitrogen and oxygen atoms in total. The molecule has 0 aliphatic carbocycles. The van der Waals surface area contributed by atoms with Gasteiger partial charge >= 0.3 is 0 Å². The summed E-state index contributed by atoms with van der Waals surface area (Å²) in [6.07, 6.45) is 0. The SMILES string of the molecule is Cc1ccc(N=Nc2ccc(N=Nc3c(C)cc4cc(NC(=O)c5ccccc5)ccc4c3O)c(O)c2)cc1. The number of phenols is 2. The van der Waals surface area contributed by atoms with Crippen LogP contribution in [0.1, 0.15) is 21.5 Å². The smallest absolute Gasteiger partial charge is 0.255 e. The summed E-state index contributed by atoms with van der Waals surface area (Å²) in [4.78, 5) is 12.5. The first-order valence-corrected chi connectivity index (χ1v) is 12.2. The van der Waals surface area contributed by atoms with Crippen molar-refractivity contribution in [2.45, 2.75) is 13.8 Å². The molecule has 0 aromatic heterocycles. The number of carbonyl (C=O) groups excluding carboxylic acids is 1. The van der Waals surface area contributed by atoms with E-state index in [0.717, 1.165) is 10.9 Å². The maximum Gasteiger partial charge on any atom is 0.255 e. The minimum atomic E-state index is -0.219. The van der Waals surface area contributed by atoms with Gasteiger partial charge in [0.1, 0.15) is 17.1 Å². The monoisotopic (exact) mass is 515 g/mol. The quantitative estimate of drug-likeness (QED) is 0.196. The summed E-state index contributed by atoms with van der Waals surface area (Å²) in [5, 5.41) is 42.3. The van der Waals surface area contributed by atoms with Crippen LogP contribution in [0, 0.1) is 13.8 Å². The van der Waals surface area contributed by atoms with Gasteiger partial charge in [-0.05, 0) is 85.5 Å². The molecule has 39 heavy (non-hydrogen) atoms. The van der Waals surface area contributed by atoms with Gasteiger partial charge in [-0.2, -0.15) is 10.2 Å². The van der Waals surface area contributed by atoms with Gasteiger partial charge < -0.3 is 15.5 Å². The van der Waals surface area contributed by atoms with Gasteiger partial charge in [0.2, 0.25) is 0 Å². The summed E-state index contributed by atoms with van der Waals surface area (Å²) in [5.41, 5.74) is 4.65. The third-order valence-corrected chi connectivity index (χ3v) is 6.10. The topological polar surface area (TPSA) is 119 Å². The number of hydrogen-bond donors (Lipinski definition) is 3. The van der Waals surface area contributed by atoms with Gasteiger partial charge in [0, 0.05) is 22.7 Å². The van der Waals surface area contributed by atoms with Crippen LogP contribution in [0.3, 0.4) is 0 Å². The van der Waals surface area contributed by atoms with Crippen molar-refractivity contribution in [2.24, 2.45) is 20.5 Å². The normalized spacial score (nSPS) is 11.4. The summed E-state index contributed by atoms with van der Waals surface area (Å²) in [5.74, 6) is -0.378. The minimum Gasteiger partial charge on any atom is -0.506 e. The van der Waals surface area contributed by atoms with Gasteiger partial charge in [-0.1, -0.05) is 35.9 Å². The van der Waals surface area contributed by atoms with Crippen molar-refractivity contribution in [1.82, 2.24) is 0 Å². The first kappa shape index (κ1) is 25.3. The van der Waals surface area contributed by atoms with Gasteiger partial charge in [-0.25, -0.2) is 0 Å². The van der Waals surface area contributed by atoms with Crippen LogP contribution in [-0.4, -0.2) is 16.1 Å². The van der Waals surface area contributed by atoms with Gasteiger partial charge in [-0.15, -0.1) is 10.2 Å². The number of carbonyl (C=O) groups is 1. The van der Waals surface area contributed by atoms with Crippen LogP contribution in [0.15, 0.2) is 118 Å². The number of aromatic hydroxyl groups is 2. The molecule has 0 spiro atoms. The summed E-state index contributed by atoms with van der Waals surface area (Å²) in [7, 11) is 0. The molecule has 0 fully saturated rings. The van der Waals surface area contributed by atoms with Crippen LogP contribution in [0.25, 0.3) is 10.8 Å². The molecule has 0 unspecified atom stereocenters. The Balaban J connectivity index is 1.35. The Morgan fingerprint density at radius 1 is 0.718 bits per heavy atom. The van der Waals surface area contributed by atoms with E-state index >= 15 is 0 Å². The molecule has 5 aromatic rings. The summed E-state index contributed by atoms with van der Waals surface area (Å²) in [6.45, 7) is 3.80. The van der Waals surface area contributed by atoms with E-state index in [1.165, 1.54) is 6.07 Å². The van der Waals surface area contributed by atoms with Crippen LogP contribution in [0.4, 0.5) is 28.4 Å². The molecule has 0 saturated heterocycles. The molecule has 5 aromatic carbocycles. The highest BCUT2D eigenvalue weighted by atomic mass is 16.3. The molecular weight excluding hydrogens is 490 g/mol. The van der Waals surface area contributed by atoms with E-state index in [0.29, 0.717) is 33.6 Å². The zero-order chi connectivity index (χ0) is 27.4. The lowest BCUT2D eigenvalue weighted by atomic mass is 10.0. The second-order valence-electron chi connectivity index (χ2n) is 9.06. The second-order valence-corrected chi connectivity index (χ2v) is 9.06. The number of anilines is 1. The zero-order valence-electron chi connectivity index (χ0n) is 21.3. The van der Waals surface area contributed by atoms with Crippen molar-refractivity contribution in [3.63, 3.8) is 0 Å². The number of rotatable bonds is 6. The maximum atomic E-state index is 12.5. The fourth-order valence-corrected chi connectivity index (χ4v) is 4.00. The standard InChI is InChI=1S/C31H25N5O3/c1-19-8-10-23(11-9-19)33-34-25-13-15-27(28(37)18-25)35-36-29-20(2)16-22-17-24(12-14-26(22)30(29)38)32-31(39)21-6-4-3-5-7-21/h3-18,37-38H,1-2H3,(H,32,39). The number of benzene rings is 5. The van der Waals surface area contributed by atoms with Crippen LogP contribution in [-0.2, 0) is 0 Å². The average molecular weight is 516 g/mol. The third kappa shape index (κ3) is 5.80. The molecule has 0 atom stereocenters. The Morgan fingerprint density at radius 2 is 1.44 bits per heavy atom. The van der Waals surface area contributed by atoms with Gasteiger partial charge in [0.05, 0.1) is 11.4 Å². The van der Waals surface area contributed by atoms with Gasteiger partial charge in [-0.3, -0.25) is 4.79 Å². The lowest BCUT2D eigenvalue weighted by Crippen LogP contribution is -2.11. The number of amides is 1. The van der Waals surface area contributed by atoms with E-state index in [1.807, 2.05) is 43.3 Å². The molecule has 0 heterocycles. The fourth-order valence-electron chi connectivity index (χ4n) is 4.00. The molecule has 0 aliphatic heterocycles. The lowest BCUT2D eigenvalue weighted by Gasteiger charge is -2.10. The largest absolute Gasteiger partial charge is 0.506 e. The Kier molecular flexibility index (Phi) is 7.09. The Morgan fingerprint density at radius 3 is 2.18 bits per heavy atom. The third-order valence-electron chi connectivity index (χ3n) is 6.10. The number of fused-ring (bicyclic) bond motifs is 1. The summed E-state index contributed by atoms with van der Waals surface area (Å²) in [6, 6.07) is 28.3. The number of aryl methyl sites for hydroxylation is 2. The van der Waals surface area contributed by atoms with Gasteiger partial charge in [0.15, 0.2) is 5.75 Å². The molecule has 0 saturated carbocycles. The number of phenolic OH excluding ortho intramolecular Hbond substituents is 2. The predicted octanol–water partition coefficient (Wildman–Crippen LogP) is 8.95. The molecule has 1 amide bonds. The number of nitrogens with one attached hydrogen (secondary N) is 1. The summed E-state index contributed by atoms with van der Waals surface area (Å²) >= 11 is 0. The van der Waals surface area contributed by atoms with Crippen molar-refractivity contribution < 1.29 is 15.0 Å². The van der Waals surface area contributed by atoms with Gasteiger partial charge in [0.25, 0.3) is 5.91 Å². The van der Waals surface area contributed by atoms with Crippen LogP contribution >= 0.6 is 0 Å². The first-order chi connectivity index (χ1) is 18.9. The predicted molar refractivity (Wildman–Crippen MR) is 152 cm³/mol. The minimum absolute atomic E-state index is 0.0438. The molecular formula is C31H25N5O3. The van der Waals surface area contributed by atoms with E-state index in [2.05, 4.69) is 25.8 Å². The molecule has 3 N–H and O–H groups in total. The van der Waals surface area contributed by atoms with Crippen LogP contribution in [0.5, 0.6) is 11.5 Å². The van der Waals surface area contributed by atoms with E-state index in [1.54, 1.807) is 61.5 Å². The molecule has 0 aliphatic rings. The van der Waals surface area contributed by atoms with Crippen molar-refractivity contribution in [3.05, 3.63) is 114 Å². The fraction of sp³-hybridized carbons (Fsp3) is 0.0645.